The molecule has 3 rings (SSSR count). The predicted molar refractivity (Wildman–Crippen MR) is 94.4 cm³/mol. The van der Waals surface area contributed by atoms with Gasteiger partial charge in [0.05, 0.1) is 0 Å². The summed E-state index contributed by atoms with van der Waals surface area (Å²) in [6.45, 7) is 10.3. The summed E-state index contributed by atoms with van der Waals surface area (Å²) in [6, 6.07) is 0. The summed E-state index contributed by atoms with van der Waals surface area (Å²) >= 11 is 0. The van der Waals surface area contributed by atoms with Crippen LogP contribution in [0.5, 0.6) is 0 Å². The Balaban J connectivity index is 1.39. The molecule has 1 N–H and O–H groups in total. The number of amides is 1. The minimum atomic E-state index is 0.414. The fraction of sp³-hybridized carbons (Fsp3) is 0.947. The Hall–Kier alpha value is -0.610. The zero-order valence-electron chi connectivity index (χ0n) is 14.9. The summed E-state index contributed by atoms with van der Waals surface area (Å²) in [7, 11) is 0. The SMILES string of the molecule is CC(CC(=O)N1CCC(CN2CCCCC2)C1)C1CCNCC1. The second-order valence-corrected chi connectivity index (χ2v) is 8.12. The van der Waals surface area contributed by atoms with Gasteiger partial charge in [0.25, 0.3) is 0 Å². The predicted octanol–water partition coefficient (Wildman–Crippen LogP) is 2.35. The number of piperidine rings is 2. The van der Waals surface area contributed by atoms with Crippen LogP contribution < -0.4 is 5.32 Å². The lowest BCUT2D eigenvalue weighted by molar-refractivity contribution is -0.131. The molecule has 0 aromatic rings. The molecule has 0 aliphatic carbocycles. The van der Waals surface area contributed by atoms with E-state index >= 15 is 0 Å². The van der Waals surface area contributed by atoms with Crippen LogP contribution in [-0.4, -0.2) is 61.5 Å². The van der Waals surface area contributed by atoms with E-state index in [4.69, 9.17) is 0 Å². The van der Waals surface area contributed by atoms with Gasteiger partial charge in [-0.15, -0.1) is 0 Å². The molecule has 0 aromatic heterocycles. The fourth-order valence-electron chi connectivity index (χ4n) is 4.70. The molecule has 4 nitrogen and oxygen atoms in total. The molecule has 23 heavy (non-hydrogen) atoms. The first-order chi connectivity index (χ1) is 11.2. The van der Waals surface area contributed by atoms with E-state index in [0.717, 1.165) is 38.5 Å². The number of rotatable bonds is 5. The zero-order chi connectivity index (χ0) is 16.1. The molecule has 132 valence electrons. The monoisotopic (exact) mass is 321 g/mol. The molecule has 3 aliphatic heterocycles. The van der Waals surface area contributed by atoms with Gasteiger partial charge in [0, 0.05) is 26.1 Å². The Morgan fingerprint density at radius 2 is 1.83 bits per heavy atom. The normalized spacial score (nSPS) is 28.9. The molecule has 0 saturated carbocycles. The third-order valence-corrected chi connectivity index (χ3v) is 6.29. The summed E-state index contributed by atoms with van der Waals surface area (Å²) < 4.78 is 0. The first-order valence-electron chi connectivity index (χ1n) is 9.93. The number of hydrogen-bond acceptors (Lipinski definition) is 3. The van der Waals surface area contributed by atoms with Gasteiger partial charge in [0.2, 0.25) is 5.91 Å². The molecule has 1 amide bonds. The summed E-state index contributed by atoms with van der Waals surface area (Å²) in [5.74, 6) is 2.42. The van der Waals surface area contributed by atoms with Crippen molar-refractivity contribution >= 4 is 5.91 Å². The van der Waals surface area contributed by atoms with Crippen LogP contribution in [0.3, 0.4) is 0 Å². The largest absolute Gasteiger partial charge is 0.342 e. The number of nitrogens with one attached hydrogen (secondary N) is 1. The number of carbonyl (C=O) groups excluding carboxylic acids is 1. The minimum Gasteiger partial charge on any atom is -0.342 e. The first kappa shape index (κ1) is 17.2. The van der Waals surface area contributed by atoms with Crippen molar-refractivity contribution in [2.24, 2.45) is 17.8 Å². The number of likely N-dealkylation sites (tertiary alicyclic amines) is 2. The van der Waals surface area contributed by atoms with Crippen molar-refractivity contribution in [3.63, 3.8) is 0 Å². The molecular weight excluding hydrogens is 286 g/mol. The van der Waals surface area contributed by atoms with Crippen LogP contribution in [0.1, 0.15) is 51.9 Å². The topological polar surface area (TPSA) is 35.6 Å². The van der Waals surface area contributed by atoms with E-state index in [1.807, 2.05) is 0 Å². The van der Waals surface area contributed by atoms with E-state index < -0.39 is 0 Å². The molecule has 0 aromatic carbocycles. The Morgan fingerprint density at radius 1 is 1.09 bits per heavy atom. The molecule has 3 fully saturated rings. The van der Waals surface area contributed by atoms with E-state index in [-0.39, 0.29) is 0 Å². The molecule has 2 unspecified atom stereocenters. The molecule has 0 spiro atoms. The molecule has 3 heterocycles. The molecule has 3 saturated heterocycles. The second-order valence-electron chi connectivity index (χ2n) is 8.12. The smallest absolute Gasteiger partial charge is 0.222 e. The van der Waals surface area contributed by atoms with E-state index in [0.29, 0.717) is 17.7 Å². The van der Waals surface area contributed by atoms with Crippen LogP contribution in [0.15, 0.2) is 0 Å². The number of nitrogens with zero attached hydrogens (tertiary/aromatic N) is 2. The third-order valence-electron chi connectivity index (χ3n) is 6.29. The molecule has 0 radical (unpaired) electrons. The van der Waals surface area contributed by atoms with Crippen LogP contribution >= 0.6 is 0 Å². The van der Waals surface area contributed by atoms with Crippen molar-refractivity contribution < 1.29 is 4.79 Å². The van der Waals surface area contributed by atoms with Crippen molar-refractivity contribution in [3.05, 3.63) is 0 Å². The highest BCUT2D eigenvalue weighted by Gasteiger charge is 2.30. The maximum Gasteiger partial charge on any atom is 0.222 e. The third kappa shape index (κ3) is 4.93. The van der Waals surface area contributed by atoms with Crippen molar-refractivity contribution in [1.29, 1.82) is 0 Å². The average Bonchev–Trinajstić information content (AvgIpc) is 3.05. The maximum atomic E-state index is 12.6. The molecular formula is C19H35N3O. The number of carbonyl (C=O) groups is 1. The van der Waals surface area contributed by atoms with Gasteiger partial charge >= 0.3 is 0 Å². The van der Waals surface area contributed by atoms with Gasteiger partial charge in [0.15, 0.2) is 0 Å². The average molecular weight is 322 g/mol. The van der Waals surface area contributed by atoms with E-state index in [9.17, 15) is 4.79 Å². The van der Waals surface area contributed by atoms with Crippen LogP contribution in [0.25, 0.3) is 0 Å². The van der Waals surface area contributed by atoms with Gasteiger partial charge in [-0.25, -0.2) is 0 Å². The Labute approximate surface area is 142 Å². The van der Waals surface area contributed by atoms with Gasteiger partial charge < -0.3 is 15.1 Å². The van der Waals surface area contributed by atoms with Crippen LogP contribution in [0.2, 0.25) is 0 Å². The zero-order valence-corrected chi connectivity index (χ0v) is 14.9. The van der Waals surface area contributed by atoms with Crippen LogP contribution in [0, 0.1) is 17.8 Å². The Bertz CT molecular complexity index is 375. The molecule has 3 aliphatic rings. The van der Waals surface area contributed by atoms with Gasteiger partial charge in [-0.1, -0.05) is 13.3 Å². The summed E-state index contributed by atoms with van der Waals surface area (Å²) in [5.41, 5.74) is 0. The summed E-state index contributed by atoms with van der Waals surface area (Å²) in [6.07, 6.45) is 8.59. The van der Waals surface area contributed by atoms with Crippen molar-refractivity contribution in [1.82, 2.24) is 15.1 Å². The van der Waals surface area contributed by atoms with Crippen LogP contribution in [-0.2, 0) is 4.79 Å². The van der Waals surface area contributed by atoms with Gasteiger partial charge in [-0.3, -0.25) is 4.79 Å². The minimum absolute atomic E-state index is 0.414. The van der Waals surface area contributed by atoms with Gasteiger partial charge in [-0.05, 0) is 76.0 Å². The Kier molecular flexibility index (Phi) is 6.35. The molecule has 0 bridgehead atoms. The lowest BCUT2D eigenvalue weighted by atomic mass is 9.84. The Morgan fingerprint density at radius 3 is 2.57 bits per heavy atom. The van der Waals surface area contributed by atoms with Crippen molar-refractivity contribution in [2.45, 2.75) is 51.9 Å². The van der Waals surface area contributed by atoms with Gasteiger partial charge in [0.1, 0.15) is 0 Å². The highest BCUT2D eigenvalue weighted by atomic mass is 16.2. The van der Waals surface area contributed by atoms with Crippen molar-refractivity contribution in [3.8, 4) is 0 Å². The number of hydrogen-bond donors (Lipinski definition) is 1. The summed E-state index contributed by atoms with van der Waals surface area (Å²) in [4.78, 5) is 17.4. The van der Waals surface area contributed by atoms with E-state index in [1.165, 1.54) is 58.2 Å². The quantitative estimate of drug-likeness (QED) is 0.844. The fourth-order valence-corrected chi connectivity index (χ4v) is 4.70. The van der Waals surface area contributed by atoms with E-state index in [2.05, 4.69) is 22.0 Å². The standard InChI is InChI=1S/C19H35N3O/c1-16(18-5-8-20-9-6-18)13-19(23)22-12-7-17(15-22)14-21-10-3-2-4-11-21/h16-18,20H,2-15H2,1H3. The van der Waals surface area contributed by atoms with Crippen LogP contribution in [0.4, 0.5) is 0 Å². The van der Waals surface area contributed by atoms with Gasteiger partial charge in [-0.2, -0.15) is 0 Å². The van der Waals surface area contributed by atoms with E-state index in [1.54, 1.807) is 0 Å². The van der Waals surface area contributed by atoms with Crippen molar-refractivity contribution in [2.75, 3.05) is 45.8 Å². The first-order valence-corrected chi connectivity index (χ1v) is 9.93. The highest BCUT2D eigenvalue weighted by Crippen LogP contribution is 2.27. The second kappa shape index (κ2) is 8.48. The lowest BCUT2D eigenvalue weighted by Gasteiger charge is -2.30. The molecule has 4 heteroatoms. The summed E-state index contributed by atoms with van der Waals surface area (Å²) in [5, 5.41) is 3.42. The maximum absolute atomic E-state index is 12.6. The molecule has 2 atom stereocenters. The lowest BCUT2D eigenvalue weighted by Crippen LogP contribution is -2.37. The highest BCUT2D eigenvalue weighted by molar-refractivity contribution is 5.76.